The van der Waals surface area contributed by atoms with Gasteiger partial charge < -0.3 is 4.42 Å². The van der Waals surface area contributed by atoms with Crippen LogP contribution in [0.5, 0.6) is 0 Å². The summed E-state index contributed by atoms with van der Waals surface area (Å²) in [4.78, 5) is 15.5. The van der Waals surface area contributed by atoms with Gasteiger partial charge in [0, 0.05) is 58.4 Å². The van der Waals surface area contributed by atoms with Crippen LogP contribution in [0.1, 0.15) is 0 Å². The van der Waals surface area contributed by atoms with Crippen molar-refractivity contribution in [2.24, 2.45) is 0 Å². The number of benzene rings is 8. The number of thiophene rings is 1. The first-order valence-electron chi connectivity index (χ1n) is 19.0. The van der Waals surface area contributed by atoms with E-state index in [1.54, 1.807) is 0 Å². The maximum absolute atomic E-state index is 6.58. The maximum atomic E-state index is 6.58. The third-order valence-corrected chi connectivity index (χ3v) is 12.3. The van der Waals surface area contributed by atoms with Gasteiger partial charge in [-0.25, -0.2) is 4.98 Å². The molecule has 0 saturated carbocycles. The lowest BCUT2D eigenvalue weighted by Crippen LogP contribution is -2.06. The van der Waals surface area contributed by atoms with Crippen molar-refractivity contribution in [3.63, 3.8) is 0 Å². The average molecular weight is 747 g/mol. The number of hydrogen-bond donors (Lipinski definition) is 0. The van der Waals surface area contributed by atoms with Crippen LogP contribution in [0.15, 0.2) is 186 Å². The highest BCUT2D eigenvalue weighted by Gasteiger charge is 2.21. The van der Waals surface area contributed by atoms with E-state index < -0.39 is 0 Å². The minimum Gasteiger partial charge on any atom is -0.456 e. The lowest BCUT2D eigenvalue weighted by molar-refractivity contribution is 0.669. The lowest BCUT2D eigenvalue weighted by Gasteiger charge is -2.11. The Labute approximate surface area is 330 Å². The number of nitrogens with zero attached hydrogens (tertiary/aromatic N) is 4. The van der Waals surface area contributed by atoms with Gasteiger partial charge in [-0.05, 0) is 71.3 Å². The van der Waals surface area contributed by atoms with Gasteiger partial charge >= 0.3 is 0 Å². The van der Waals surface area contributed by atoms with Crippen molar-refractivity contribution in [3.8, 4) is 51.0 Å². The topological polar surface area (TPSA) is 56.7 Å². The summed E-state index contributed by atoms with van der Waals surface area (Å²) < 4.78 is 11.3. The second-order valence-electron chi connectivity index (χ2n) is 14.4. The molecule has 12 rings (SSSR count). The average Bonchev–Trinajstić information content (AvgIpc) is 3.96. The van der Waals surface area contributed by atoms with Crippen LogP contribution in [0.2, 0.25) is 0 Å². The summed E-state index contributed by atoms with van der Waals surface area (Å²) in [6.45, 7) is 0. The predicted octanol–water partition coefficient (Wildman–Crippen LogP) is 13.9. The van der Waals surface area contributed by atoms with E-state index in [9.17, 15) is 0 Å². The molecule has 0 spiro atoms. The molecule has 0 aliphatic rings. The van der Waals surface area contributed by atoms with Crippen molar-refractivity contribution >= 4 is 75.3 Å². The van der Waals surface area contributed by atoms with Crippen LogP contribution in [-0.2, 0) is 0 Å². The van der Waals surface area contributed by atoms with Gasteiger partial charge in [0.05, 0.1) is 11.0 Å². The first-order chi connectivity index (χ1) is 28.2. The van der Waals surface area contributed by atoms with E-state index in [-0.39, 0.29) is 0 Å². The molecule has 0 N–H and O–H groups in total. The van der Waals surface area contributed by atoms with E-state index in [2.05, 4.69) is 150 Å². The molecule has 57 heavy (non-hydrogen) atoms. The lowest BCUT2D eigenvalue weighted by atomic mass is 9.93. The summed E-state index contributed by atoms with van der Waals surface area (Å²) in [7, 11) is 0. The highest BCUT2D eigenvalue weighted by atomic mass is 32.1. The Bertz CT molecular complexity index is 3470. The van der Waals surface area contributed by atoms with E-state index in [0.29, 0.717) is 17.6 Å². The van der Waals surface area contributed by atoms with Crippen molar-refractivity contribution < 1.29 is 4.42 Å². The molecule has 0 radical (unpaired) electrons. The second kappa shape index (κ2) is 12.6. The van der Waals surface area contributed by atoms with Crippen LogP contribution < -0.4 is 0 Å². The predicted molar refractivity (Wildman–Crippen MR) is 236 cm³/mol. The first-order valence-corrected chi connectivity index (χ1v) is 19.8. The number of hydrogen-bond acceptors (Lipinski definition) is 5. The number of aromatic nitrogens is 4. The quantitative estimate of drug-likeness (QED) is 0.176. The van der Waals surface area contributed by atoms with Gasteiger partial charge in [-0.3, -0.25) is 4.57 Å². The Balaban J connectivity index is 1.10. The Morgan fingerprint density at radius 3 is 1.79 bits per heavy atom. The molecule has 0 aliphatic heterocycles. The van der Waals surface area contributed by atoms with Gasteiger partial charge in [-0.1, -0.05) is 127 Å². The van der Waals surface area contributed by atoms with Gasteiger partial charge in [0.2, 0.25) is 5.95 Å². The molecule has 4 aromatic heterocycles. The van der Waals surface area contributed by atoms with Crippen LogP contribution in [0.3, 0.4) is 0 Å². The van der Waals surface area contributed by atoms with Gasteiger partial charge in [-0.15, -0.1) is 11.3 Å². The molecule has 0 atom stereocenters. The Morgan fingerprint density at radius 2 is 1.04 bits per heavy atom. The molecule has 266 valence electrons. The van der Waals surface area contributed by atoms with Crippen molar-refractivity contribution in [1.29, 1.82) is 0 Å². The van der Waals surface area contributed by atoms with E-state index in [4.69, 9.17) is 19.4 Å². The SMILES string of the molecule is c1ccc(-c2nc(-c3ccc4oc5cccc(-c6cc(-c7ccccc7)c7sc8ccccc8c7c6)c5c4c3)nc(-n3c4ccccc4c4ccccc43)n2)cc1. The highest BCUT2D eigenvalue weighted by molar-refractivity contribution is 7.26. The summed E-state index contributed by atoms with van der Waals surface area (Å²) in [6.07, 6.45) is 0. The van der Waals surface area contributed by atoms with Crippen molar-refractivity contribution in [2.75, 3.05) is 0 Å². The van der Waals surface area contributed by atoms with Crippen LogP contribution in [-0.4, -0.2) is 19.5 Å². The molecule has 6 heteroatoms. The van der Waals surface area contributed by atoms with Crippen LogP contribution in [0, 0.1) is 0 Å². The fourth-order valence-electron chi connectivity index (χ4n) is 8.47. The number of furan rings is 1. The molecule has 5 nitrogen and oxygen atoms in total. The zero-order valence-corrected chi connectivity index (χ0v) is 31.2. The molecular weight excluding hydrogens is 717 g/mol. The second-order valence-corrected chi connectivity index (χ2v) is 15.4. The van der Waals surface area contributed by atoms with E-state index in [1.165, 1.54) is 31.3 Å². The summed E-state index contributed by atoms with van der Waals surface area (Å²) in [5.41, 5.74) is 10.2. The zero-order valence-electron chi connectivity index (χ0n) is 30.4. The summed E-state index contributed by atoms with van der Waals surface area (Å²) in [6, 6.07) is 63.8. The van der Waals surface area contributed by atoms with Crippen LogP contribution >= 0.6 is 11.3 Å². The Kier molecular flexibility index (Phi) is 7.03. The minimum atomic E-state index is 0.568. The summed E-state index contributed by atoms with van der Waals surface area (Å²) >= 11 is 1.86. The van der Waals surface area contributed by atoms with E-state index >= 15 is 0 Å². The van der Waals surface area contributed by atoms with Gasteiger partial charge in [0.25, 0.3) is 0 Å². The number of rotatable bonds is 5. The van der Waals surface area contributed by atoms with Crippen molar-refractivity contribution in [3.05, 3.63) is 182 Å². The van der Waals surface area contributed by atoms with Crippen LogP contribution in [0.4, 0.5) is 0 Å². The monoisotopic (exact) mass is 746 g/mol. The zero-order chi connectivity index (χ0) is 37.5. The minimum absolute atomic E-state index is 0.568. The molecule has 0 fully saturated rings. The normalized spacial score (nSPS) is 11.9. The van der Waals surface area contributed by atoms with E-state index in [0.717, 1.165) is 66.0 Å². The smallest absolute Gasteiger partial charge is 0.238 e. The van der Waals surface area contributed by atoms with Crippen molar-refractivity contribution in [2.45, 2.75) is 0 Å². The fourth-order valence-corrected chi connectivity index (χ4v) is 9.69. The van der Waals surface area contributed by atoms with Crippen molar-refractivity contribution in [1.82, 2.24) is 19.5 Å². The third kappa shape index (κ3) is 5.04. The summed E-state index contributed by atoms with van der Waals surface area (Å²) in [5.74, 6) is 1.77. The third-order valence-electron chi connectivity index (χ3n) is 11.1. The Morgan fingerprint density at radius 1 is 0.404 bits per heavy atom. The molecule has 0 amide bonds. The molecule has 0 saturated heterocycles. The highest BCUT2D eigenvalue weighted by Crippen LogP contribution is 2.45. The van der Waals surface area contributed by atoms with Gasteiger partial charge in [0.15, 0.2) is 11.6 Å². The molecular formula is C51H30N4OS. The van der Waals surface area contributed by atoms with Gasteiger partial charge in [-0.2, -0.15) is 9.97 Å². The molecule has 0 unspecified atom stereocenters. The Hall–Kier alpha value is -7.41. The maximum Gasteiger partial charge on any atom is 0.238 e. The molecule has 0 aliphatic carbocycles. The largest absolute Gasteiger partial charge is 0.456 e. The van der Waals surface area contributed by atoms with Crippen LogP contribution in [0.25, 0.3) is 115 Å². The summed E-state index contributed by atoms with van der Waals surface area (Å²) in [5, 5.41) is 6.90. The first kappa shape index (κ1) is 31.9. The van der Waals surface area contributed by atoms with E-state index in [1.807, 2.05) is 47.7 Å². The molecule has 12 aromatic rings. The fraction of sp³-hybridized carbons (Fsp3) is 0. The van der Waals surface area contributed by atoms with Gasteiger partial charge in [0.1, 0.15) is 11.2 Å². The standard InChI is InChI=1S/C51H30N4OS/c1-3-14-31(15-4-1)39-29-34(30-40-38-20-9-12-25-46(38)57-48(39)40)35-21-13-24-45-47(35)41-28-33(26-27-44(41)56-45)50-52-49(32-16-5-2-6-17-32)53-51(54-50)55-42-22-10-7-18-36(42)37-19-8-11-23-43(37)55/h1-30H. The molecule has 8 aromatic carbocycles. The number of para-hydroxylation sites is 2. The molecule has 0 bridgehead atoms. The molecule has 4 heterocycles. The number of fused-ring (bicyclic) bond motifs is 9.